The molecule has 0 radical (unpaired) electrons. The van der Waals surface area contributed by atoms with E-state index in [4.69, 9.17) is 0 Å². The third-order valence-corrected chi connectivity index (χ3v) is 13.1. The van der Waals surface area contributed by atoms with Gasteiger partial charge < -0.3 is 33.4 Å². The van der Waals surface area contributed by atoms with E-state index in [0.717, 1.165) is 6.54 Å². The predicted octanol–water partition coefficient (Wildman–Crippen LogP) is -4.18. The van der Waals surface area contributed by atoms with E-state index in [1.54, 1.807) is 56.2 Å². The van der Waals surface area contributed by atoms with Crippen LogP contribution >= 0.6 is 0 Å². The Kier molecular flexibility index (Phi) is 22.5. The van der Waals surface area contributed by atoms with Crippen LogP contribution in [-0.4, -0.2) is 135 Å². The molecule has 61 heavy (non-hydrogen) atoms. The number of quaternary nitrogens is 1. The number of hydrazone groups is 1. The first kappa shape index (κ1) is 57.2. The summed E-state index contributed by atoms with van der Waals surface area (Å²) in [5, 5.41) is 20.4. The van der Waals surface area contributed by atoms with Crippen LogP contribution in [0.5, 0.6) is 0 Å². The number of hydrogen-bond acceptors (Lipinski definition) is 14. The van der Waals surface area contributed by atoms with E-state index in [1.807, 2.05) is 25.7 Å². The van der Waals surface area contributed by atoms with E-state index in [1.165, 1.54) is 18.2 Å². The van der Waals surface area contributed by atoms with Crippen LogP contribution in [0.1, 0.15) is 84.1 Å². The van der Waals surface area contributed by atoms with Gasteiger partial charge in [0.05, 0.1) is 64.8 Å². The molecule has 0 saturated heterocycles. The molecule has 1 aromatic rings. The zero-order valence-electron chi connectivity index (χ0n) is 36.6. The number of carboxylic acid groups (broad SMARTS) is 1. The Morgan fingerprint density at radius 1 is 0.852 bits per heavy atom. The molecule has 0 aliphatic carbocycles. The van der Waals surface area contributed by atoms with E-state index in [0.29, 0.717) is 71.6 Å². The van der Waals surface area contributed by atoms with Crippen LogP contribution < -0.4 is 69.5 Å². The second-order valence-electron chi connectivity index (χ2n) is 16.5. The van der Waals surface area contributed by atoms with Gasteiger partial charge in [-0.15, -0.1) is 0 Å². The number of carbonyl (C=O) groups excluding carboxylic acids is 2. The molecule has 1 N–H and O–H groups in total. The molecule has 0 aromatic heterocycles. The third-order valence-electron chi connectivity index (χ3n) is 10.7. The quantitative estimate of drug-likeness (QED) is 0.0258. The van der Waals surface area contributed by atoms with Gasteiger partial charge in [0, 0.05) is 71.4 Å². The molecule has 0 bridgehead atoms. The Bertz CT molecular complexity index is 2220. The van der Waals surface area contributed by atoms with Gasteiger partial charge in [-0.1, -0.05) is 18.2 Å². The SMILES string of the molecule is CC1=NN(CCCS(=O)(=O)[O-])/C(=C/C=C/C=C/C2=[N+](CCCCCC(=O)NCC[N+](C)(C)C)c3ccc(S(=O)(=O)[O-])cc3C2(C)CCCS(=O)(=O)[O-])C1(C)CCC(=O)[O-].[Na+].[Na+]. The first-order valence-electron chi connectivity index (χ1n) is 19.4. The van der Waals surface area contributed by atoms with Crippen LogP contribution in [0.25, 0.3) is 0 Å². The summed E-state index contributed by atoms with van der Waals surface area (Å²) < 4.78 is 108. The fourth-order valence-corrected chi connectivity index (χ4v) is 8.79. The number of nitrogens with zero attached hydrogens (tertiary/aromatic N) is 4. The summed E-state index contributed by atoms with van der Waals surface area (Å²) in [6.07, 6.45) is 10.7. The van der Waals surface area contributed by atoms with Gasteiger partial charge in [0.15, 0.2) is 5.71 Å². The van der Waals surface area contributed by atoms with E-state index < -0.39 is 63.6 Å². The van der Waals surface area contributed by atoms with Gasteiger partial charge in [-0.3, -0.25) is 9.80 Å². The van der Waals surface area contributed by atoms with E-state index in [2.05, 4.69) is 10.4 Å². The van der Waals surface area contributed by atoms with Crippen molar-refractivity contribution in [1.82, 2.24) is 10.3 Å². The average Bonchev–Trinajstić information content (AvgIpc) is 3.46. The zero-order chi connectivity index (χ0) is 44.5. The number of hydrogen-bond donors (Lipinski definition) is 1. The third kappa shape index (κ3) is 18.0. The standard InChI is InChI=1S/C39H59N5O12S3.2Na/c1-30-38(2,22-20-37(46)47)35(43(41-30)25-14-28-58(51,52)53)16-10-7-9-15-34-39(3,21-13-27-57(48,49)50)32-29-31(59(54,55)56)18-19-33(32)42(34)24-12-8-11-17-36(45)40-23-26-44(4,5)6;;/h7,9-10,15-16,18-19,29H,8,11-14,17,20-28H2,1-6H3,(H3-2,40,45,46,47,48,49,50,51,52,53,54,55,56);;/q;2*+1/p-2. The van der Waals surface area contributed by atoms with E-state index in [9.17, 15) is 53.6 Å². The van der Waals surface area contributed by atoms with Gasteiger partial charge in [0.25, 0.3) is 0 Å². The van der Waals surface area contributed by atoms with Gasteiger partial charge in [0.2, 0.25) is 11.6 Å². The predicted molar refractivity (Wildman–Crippen MR) is 217 cm³/mol. The molecule has 330 valence electrons. The van der Waals surface area contributed by atoms with Gasteiger partial charge in [0.1, 0.15) is 16.7 Å². The monoisotopic (exact) mass is 929 g/mol. The number of benzene rings is 1. The maximum Gasteiger partial charge on any atom is 1.00 e. The largest absolute Gasteiger partial charge is 1.00 e. The second kappa shape index (κ2) is 23.9. The molecule has 0 saturated carbocycles. The number of likely N-dealkylation sites (N-methyl/N-ethyl adjacent to an activating group) is 1. The van der Waals surface area contributed by atoms with Crippen molar-refractivity contribution in [2.45, 2.75) is 88.9 Å². The van der Waals surface area contributed by atoms with Crippen molar-refractivity contribution in [2.75, 3.05) is 58.8 Å². The Balaban J connectivity index is 0.00000930. The van der Waals surface area contributed by atoms with Gasteiger partial charge in [-0.05, 0) is 83.9 Å². The fraction of sp³-hybridized carbons (Fsp3) is 0.590. The van der Waals surface area contributed by atoms with Crippen molar-refractivity contribution >= 4 is 59.3 Å². The molecular formula is C39H57N5Na2O12S3. The summed E-state index contributed by atoms with van der Waals surface area (Å²) in [6.45, 7) is 7.16. The van der Waals surface area contributed by atoms with Gasteiger partial charge in [-0.2, -0.15) is 9.68 Å². The molecule has 0 spiro atoms. The minimum atomic E-state index is -4.87. The molecule has 2 aliphatic heterocycles. The Labute approximate surface area is 405 Å². The molecule has 2 unspecified atom stereocenters. The van der Waals surface area contributed by atoms with Crippen LogP contribution in [0.3, 0.4) is 0 Å². The zero-order valence-corrected chi connectivity index (χ0v) is 43.1. The molecule has 0 fully saturated rings. The number of nitrogens with one attached hydrogen (secondary N) is 1. The molecule has 1 aromatic carbocycles. The maximum atomic E-state index is 12.4. The van der Waals surface area contributed by atoms with E-state index in [-0.39, 0.29) is 104 Å². The number of carbonyl (C=O) groups is 2. The molecule has 2 atom stereocenters. The van der Waals surface area contributed by atoms with Crippen molar-refractivity contribution in [3.05, 3.63) is 59.8 Å². The molecule has 17 nitrogen and oxygen atoms in total. The van der Waals surface area contributed by atoms with Crippen molar-refractivity contribution in [3.8, 4) is 0 Å². The molecular weight excluding hydrogens is 873 g/mol. The Morgan fingerprint density at radius 2 is 1.49 bits per heavy atom. The number of unbranched alkanes of at least 4 members (excludes halogenated alkanes) is 2. The van der Waals surface area contributed by atoms with Crippen molar-refractivity contribution < 1.29 is 122 Å². The van der Waals surface area contributed by atoms with Crippen LogP contribution in [0, 0.1) is 5.41 Å². The van der Waals surface area contributed by atoms with Crippen LogP contribution in [0.4, 0.5) is 5.69 Å². The summed E-state index contributed by atoms with van der Waals surface area (Å²) in [5.74, 6) is -2.56. The molecule has 2 aliphatic rings. The summed E-state index contributed by atoms with van der Waals surface area (Å²) in [5.41, 5.74) is 0.979. The number of fused-ring (bicyclic) bond motifs is 1. The fourth-order valence-electron chi connectivity index (χ4n) is 7.31. The summed E-state index contributed by atoms with van der Waals surface area (Å²) in [4.78, 5) is 23.4. The Hall–Kier alpha value is -1.79. The topological polar surface area (TPSA) is 259 Å². The molecule has 1 amide bonds. The Morgan fingerprint density at radius 3 is 2.08 bits per heavy atom. The van der Waals surface area contributed by atoms with E-state index >= 15 is 0 Å². The summed E-state index contributed by atoms with van der Waals surface area (Å²) in [6, 6.07) is 4.05. The maximum absolute atomic E-state index is 12.4. The van der Waals surface area contributed by atoms with Crippen LogP contribution in [-0.2, 0) is 45.4 Å². The minimum absolute atomic E-state index is 0. The number of aliphatic carboxylic acids is 1. The number of rotatable bonds is 24. The molecule has 22 heteroatoms. The summed E-state index contributed by atoms with van der Waals surface area (Å²) >= 11 is 0. The first-order valence-corrected chi connectivity index (χ1v) is 24.0. The minimum Gasteiger partial charge on any atom is -0.748 e. The number of amides is 1. The van der Waals surface area contributed by atoms with Gasteiger partial charge in [-0.25, -0.2) is 25.3 Å². The normalized spacial score (nSPS) is 20.2. The molecule has 3 rings (SSSR count). The van der Waals surface area contributed by atoms with Gasteiger partial charge >= 0.3 is 59.1 Å². The molecule has 2 heterocycles. The average molecular weight is 930 g/mol. The number of carboxylic acids is 1. The van der Waals surface area contributed by atoms with Crippen LogP contribution in [0.2, 0.25) is 0 Å². The summed E-state index contributed by atoms with van der Waals surface area (Å²) in [7, 11) is -7.81. The number of allylic oxidation sites excluding steroid dienone is 6. The smallest absolute Gasteiger partial charge is 0.748 e. The van der Waals surface area contributed by atoms with Crippen molar-refractivity contribution in [1.29, 1.82) is 0 Å². The second-order valence-corrected chi connectivity index (χ2v) is 20.9. The van der Waals surface area contributed by atoms with Crippen molar-refractivity contribution in [2.24, 2.45) is 10.5 Å². The first-order chi connectivity index (χ1) is 27.2. The van der Waals surface area contributed by atoms with Crippen LogP contribution in [0.15, 0.2) is 64.3 Å². The van der Waals surface area contributed by atoms with Crippen molar-refractivity contribution in [3.63, 3.8) is 0 Å².